The molecule has 2 aromatic heterocycles. The summed E-state index contributed by atoms with van der Waals surface area (Å²) in [7, 11) is -2.41. The molecule has 2 aromatic carbocycles. The van der Waals surface area contributed by atoms with E-state index in [1.54, 1.807) is 77.6 Å². The summed E-state index contributed by atoms with van der Waals surface area (Å²) >= 11 is 0. The molecule has 0 atom stereocenters. The van der Waals surface area contributed by atoms with Crippen molar-refractivity contribution in [1.29, 1.82) is 0 Å². The van der Waals surface area contributed by atoms with Gasteiger partial charge in [0.1, 0.15) is 5.75 Å². The lowest BCUT2D eigenvalue weighted by atomic mass is 10.1. The van der Waals surface area contributed by atoms with Crippen LogP contribution in [0.25, 0.3) is 11.7 Å². The third-order valence-electron chi connectivity index (χ3n) is 6.07. The number of ether oxygens (including phenoxy) is 1. The first-order valence-corrected chi connectivity index (χ1v) is 12.9. The zero-order valence-electron chi connectivity index (χ0n) is 19.9. The molecular weight excluding hydrogens is 482 g/mol. The van der Waals surface area contributed by atoms with Crippen LogP contribution in [0.3, 0.4) is 0 Å². The number of amides is 1. The van der Waals surface area contributed by atoms with Crippen molar-refractivity contribution in [2.75, 3.05) is 38.2 Å². The molecule has 10 heteroatoms. The highest BCUT2D eigenvalue weighted by Gasteiger charge is 2.34. The largest absolute Gasteiger partial charge is 0.497 e. The van der Waals surface area contributed by atoms with Gasteiger partial charge >= 0.3 is 0 Å². The van der Waals surface area contributed by atoms with E-state index in [0.29, 0.717) is 43.3 Å². The Labute approximate surface area is 208 Å². The third kappa shape index (κ3) is 4.47. The van der Waals surface area contributed by atoms with Crippen LogP contribution in [-0.4, -0.2) is 57.5 Å². The van der Waals surface area contributed by atoms with Gasteiger partial charge in [-0.05, 0) is 49.4 Å². The van der Waals surface area contributed by atoms with Crippen molar-refractivity contribution in [3.8, 4) is 17.4 Å². The van der Waals surface area contributed by atoms with E-state index in [9.17, 15) is 13.2 Å². The number of furan rings is 1. The normalized spacial score (nSPS) is 14.2. The average molecular weight is 508 g/mol. The highest BCUT2D eigenvalue weighted by atomic mass is 32.2. The number of methoxy groups -OCH3 is 1. The van der Waals surface area contributed by atoms with E-state index in [4.69, 9.17) is 13.6 Å². The minimum Gasteiger partial charge on any atom is -0.497 e. The van der Waals surface area contributed by atoms with Crippen molar-refractivity contribution in [2.24, 2.45) is 0 Å². The van der Waals surface area contributed by atoms with Crippen LogP contribution in [0.2, 0.25) is 0 Å². The Hall–Kier alpha value is -4.05. The van der Waals surface area contributed by atoms with Crippen molar-refractivity contribution < 1.29 is 26.8 Å². The van der Waals surface area contributed by atoms with E-state index in [1.807, 2.05) is 6.92 Å². The maximum Gasteiger partial charge on any atom is 0.266 e. The summed E-state index contributed by atoms with van der Waals surface area (Å²) in [5.41, 5.74) is 1.48. The molecule has 4 aromatic rings. The van der Waals surface area contributed by atoms with Gasteiger partial charge in [-0.25, -0.2) is 8.42 Å². The van der Waals surface area contributed by atoms with E-state index >= 15 is 0 Å². The van der Waals surface area contributed by atoms with E-state index in [-0.39, 0.29) is 27.6 Å². The molecule has 0 radical (unpaired) electrons. The molecule has 0 bridgehead atoms. The fourth-order valence-electron chi connectivity index (χ4n) is 4.06. The Morgan fingerprint density at radius 1 is 1.00 bits per heavy atom. The van der Waals surface area contributed by atoms with E-state index < -0.39 is 9.84 Å². The summed E-state index contributed by atoms with van der Waals surface area (Å²) in [5.74, 6) is 1.03. The first-order valence-electron chi connectivity index (χ1n) is 11.4. The number of carbonyl (C=O) groups excluding carboxylic acids is 1. The highest BCUT2D eigenvalue weighted by molar-refractivity contribution is 7.91. The predicted molar refractivity (Wildman–Crippen MR) is 132 cm³/mol. The van der Waals surface area contributed by atoms with Crippen LogP contribution in [0.4, 0.5) is 5.88 Å². The maximum atomic E-state index is 13.6. The number of benzene rings is 2. The van der Waals surface area contributed by atoms with E-state index in [1.165, 1.54) is 6.26 Å². The van der Waals surface area contributed by atoms with Crippen molar-refractivity contribution in [3.05, 3.63) is 78.1 Å². The number of nitrogens with zero attached hydrogens (tertiary/aromatic N) is 3. The van der Waals surface area contributed by atoms with E-state index in [0.717, 1.165) is 5.56 Å². The van der Waals surface area contributed by atoms with Crippen LogP contribution in [-0.2, 0) is 9.84 Å². The van der Waals surface area contributed by atoms with Crippen LogP contribution in [0.5, 0.6) is 5.75 Å². The summed E-state index contributed by atoms with van der Waals surface area (Å²) in [6.07, 6.45) is 1.47. The van der Waals surface area contributed by atoms with E-state index in [2.05, 4.69) is 4.98 Å². The van der Waals surface area contributed by atoms with Gasteiger partial charge in [-0.2, -0.15) is 4.98 Å². The van der Waals surface area contributed by atoms with Gasteiger partial charge in [0.05, 0.1) is 18.3 Å². The molecule has 9 nitrogen and oxygen atoms in total. The quantitative estimate of drug-likeness (QED) is 0.385. The first-order chi connectivity index (χ1) is 17.4. The first kappa shape index (κ1) is 23.7. The molecule has 36 heavy (non-hydrogen) atoms. The van der Waals surface area contributed by atoms with Crippen LogP contribution in [0.1, 0.15) is 15.9 Å². The molecule has 0 N–H and O–H groups in total. The van der Waals surface area contributed by atoms with Crippen molar-refractivity contribution >= 4 is 21.6 Å². The summed E-state index contributed by atoms with van der Waals surface area (Å²) in [6, 6.07) is 16.9. The average Bonchev–Trinajstić information content (AvgIpc) is 3.59. The summed E-state index contributed by atoms with van der Waals surface area (Å²) < 4.78 is 43.7. The van der Waals surface area contributed by atoms with Gasteiger partial charge in [0.15, 0.2) is 5.76 Å². The Bertz CT molecular complexity index is 1470. The van der Waals surface area contributed by atoms with Gasteiger partial charge in [-0.3, -0.25) is 4.79 Å². The van der Waals surface area contributed by atoms with Crippen LogP contribution in [0.15, 0.2) is 85.7 Å². The molecule has 0 spiro atoms. The Balaban J connectivity index is 1.43. The molecule has 186 valence electrons. The van der Waals surface area contributed by atoms with Crippen LogP contribution in [0, 0.1) is 6.92 Å². The molecule has 1 aliphatic rings. The summed E-state index contributed by atoms with van der Waals surface area (Å²) in [5, 5.41) is -0.176. The lowest BCUT2D eigenvalue weighted by Crippen LogP contribution is -2.49. The number of aromatic nitrogens is 1. The SMILES string of the molecule is COc1cccc(C(=O)N2CCN(c3oc(-c4ccco4)nc3S(=O)(=O)c3ccc(C)cc3)CC2)c1. The van der Waals surface area contributed by atoms with Crippen molar-refractivity contribution in [1.82, 2.24) is 9.88 Å². The third-order valence-corrected chi connectivity index (χ3v) is 7.74. The van der Waals surface area contributed by atoms with Crippen LogP contribution >= 0.6 is 0 Å². The molecule has 3 heterocycles. The Morgan fingerprint density at radius 3 is 2.42 bits per heavy atom. The molecule has 0 saturated carbocycles. The second-order valence-electron chi connectivity index (χ2n) is 8.43. The van der Waals surface area contributed by atoms with Gasteiger partial charge in [-0.15, -0.1) is 0 Å². The van der Waals surface area contributed by atoms with Crippen molar-refractivity contribution in [3.63, 3.8) is 0 Å². The molecule has 1 saturated heterocycles. The number of oxazole rings is 1. The highest BCUT2D eigenvalue weighted by Crippen LogP contribution is 2.35. The number of sulfone groups is 1. The molecule has 5 rings (SSSR count). The van der Waals surface area contributed by atoms with Gasteiger partial charge in [0, 0.05) is 31.7 Å². The molecule has 0 unspecified atom stereocenters. The minimum absolute atomic E-state index is 0.0792. The van der Waals surface area contributed by atoms with Gasteiger partial charge in [0.2, 0.25) is 20.7 Å². The Kier molecular flexibility index (Phi) is 6.27. The number of carbonyl (C=O) groups is 1. The molecule has 0 aliphatic carbocycles. The lowest BCUT2D eigenvalue weighted by molar-refractivity contribution is 0.0744. The molecule has 1 fully saturated rings. The predicted octanol–water partition coefficient (Wildman–Crippen LogP) is 4.05. The zero-order valence-corrected chi connectivity index (χ0v) is 20.7. The van der Waals surface area contributed by atoms with Crippen molar-refractivity contribution in [2.45, 2.75) is 16.8 Å². The number of hydrogen-bond acceptors (Lipinski definition) is 8. The number of rotatable bonds is 6. The fraction of sp³-hybridized carbons (Fsp3) is 0.231. The molecular formula is C26H25N3O6S. The second kappa shape index (κ2) is 9.54. The number of aryl methyl sites for hydroxylation is 1. The minimum atomic E-state index is -3.97. The molecule has 1 aliphatic heterocycles. The molecule has 1 amide bonds. The Morgan fingerprint density at radius 2 is 1.75 bits per heavy atom. The second-order valence-corrected chi connectivity index (χ2v) is 10.3. The van der Waals surface area contributed by atoms with Gasteiger partial charge in [0.25, 0.3) is 11.8 Å². The zero-order chi connectivity index (χ0) is 25.3. The summed E-state index contributed by atoms with van der Waals surface area (Å²) in [6.45, 7) is 3.41. The summed E-state index contributed by atoms with van der Waals surface area (Å²) in [4.78, 5) is 21.0. The standard InChI is InChI=1S/C26H25N3O6S/c1-18-8-10-21(11-9-18)36(31,32)24-26(35-23(27-24)22-7-4-16-34-22)29-14-12-28(13-15-29)25(30)19-5-3-6-20(17-19)33-2/h3-11,16-17H,12-15H2,1-2H3. The fourth-order valence-corrected chi connectivity index (χ4v) is 5.38. The number of anilines is 1. The monoisotopic (exact) mass is 507 g/mol. The smallest absolute Gasteiger partial charge is 0.266 e. The number of piperazine rings is 1. The van der Waals surface area contributed by atoms with Gasteiger partial charge < -0.3 is 23.4 Å². The maximum absolute atomic E-state index is 13.6. The topological polar surface area (TPSA) is 106 Å². The van der Waals surface area contributed by atoms with Crippen LogP contribution < -0.4 is 9.64 Å². The number of hydrogen-bond donors (Lipinski definition) is 0. The lowest BCUT2D eigenvalue weighted by Gasteiger charge is -2.34. The van der Waals surface area contributed by atoms with Gasteiger partial charge in [-0.1, -0.05) is 23.8 Å².